The summed E-state index contributed by atoms with van der Waals surface area (Å²) in [6.07, 6.45) is 3.68. The molecule has 0 aromatic carbocycles. The molecule has 1 amide bonds. The molecule has 0 spiro atoms. The van der Waals surface area contributed by atoms with Gasteiger partial charge in [-0.25, -0.2) is 0 Å². The molecular weight excluding hydrogens is 220 g/mol. The van der Waals surface area contributed by atoms with Crippen molar-refractivity contribution in [3.05, 3.63) is 10.6 Å². The van der Waals surface area contributed by atoms with Crippen LogP contribution in [0.2, 0.25) is 0 Å². The van der Waals surface area contributed by atoms with Gasteiger partial charge in [-0.05, 0) is 6.42 Å². The van der Waals surface area contributed by atoms with E-state index < -0.39 is 0 Å². The normalized spacial score (nSPS) is 18.9. The summed E-state index contributed by atoms with van der Waals surface area (Å²) in [5, 5.41) is 0. The first kappa shape index (κ1) is 9.74. The molecule has 0 aliphatic carbocycles. The van der Waals surface area contributed by atoms with Crippen LogP contribution in [0.15, 0.2) is 10.6 Å². The highest BCUT2D eigenvalue weighted by Crippen LogP contribution is 2.14. The smallest absolute Gasteiger partial charge is 0.218 e. The Kier molecular flexibility index (Phi) is 3.75. The van der Waals surface area contributed by atoms with Gasteiger partial charge in [0.2, 0.25) is 5.91 Å². The van der Waals surface area contributed by atoms with Crippen molar-refractivity contribution < 1.29 is 4.79 Å². The Hall–Kier alpha value is -0.350. The van der Waals surface area contributed by atoms with Gasteiger partial charge in [-0.1, -0.05) is 22.0 Å². The van der Waals surface area contributed by atoms with Gasteiger partial charge in [0.25, 0.3) is 0 Å². The first-order valence-electron chi connectivity index (χ1n) is 4.03. The molecule has 0 unspecified atom stereocenters. The molecule has 0 saturated heterocycles. The number of hydrogen-bond acceptors (Lipinski definition) is 2. The first-order chi connectivity index (χ1) is 5.68. The summed E-state index contributed by atoms with van der Waals surface area (Å²) >= 11 is 3.44. The van der Waals surface area contributed by atoms with E-state index in [2.05, 4.69) is 26.9 Å². The molecule has 12 heavy (non-hydrogen) atoms. The number of rotatable bonds is 3. The fourth-order valence-electron chi connectivity index (χ4n) is 1.22. The minimum atomic E-state index is -0.222. The van der Waals surface area contributed by atoms with Crippen LogP contribution in [0.25, 0.3) is 0 Å². The van der Waals surface area contributed by atoms with Gasteiger partial charge in [0.1, 0.15) is 0 Å². The number of hydrogen-bond donors (Lipinski definition) is 1. The first-order valence-corrected chi connectivity index (χ1v) is 4.83. The SMILES string of the molecule is NC(=O)CCN1CCC=C(Br)C1. The number of amides is 1. The topological polar surface area (TPSA) is 46.3 Å². The van der Waals surface area contributed by atoms with Gasteiger partial charge in [0, 0.05) is 30.5 Å². The molecule has 1 rings (SSSR count). The van der Waals surface area contributed by atoms with Gasteiger partial charge >= 0.3 is 0 Å². The molecule has 68 valence electrons. The zero-order valence-corrected chi connectivity index (χ0v) is 8.51. The Labute approximate surface area is 80.7 Å². The quantitative estimate of drug-likeness (QED) is 0.785. The van der Waals surface area contributed by atoms with E-state index in [0.29, 0.717) is 6.42 Å². The lowest BCUT2D eigenvalue weighted by Crippen LogP contribution is -2.32. The molecule has 0 aromatic heterocycles. The number of halogens is 1. The van der Waals surface area contributed by atoms with Crippen molar-refractivity contribution in [1.29, 1.82) is 0 Å². The van der Waals surface area contributed by atoms with Crippen LogP contribution in [0.3, 0.4) is 0 Å². The third-order valence-corrected chi connectivity index (χ3v) is 2.43. The summed E-state index contributed by atoms with van der Waals surface area (Å²) in [6, 6.07) is 0. The number of primary amides is 1. The van der Waals surface area contributed by atoms with Gasteiger partial charge < -0.3 is 5.73 Å². The fraction of sp³-hybridized carbons (Fsp3) is 0.625. The maximum atomic E-state index is 10.5. The van der Waals surface area contributed by atoms with Crippen molar-refractivity contribution in [2.45, 2.75) is 12.8 Å². The number of nitrogens with zero attached hydrogens (tertiary/aromatic N) is 1. The Balaban J connectivity index is 2.26. The minimum Gasteiger partial charge on any atom is -0.370 e. The molecule has 0 saturated carbocycles. The molecule has 1 aliphatic rings. The van der Waals surface area contributed by atoms with Gasteiger partial charge in [0.05, 0.1) is 0 Å². The fourth-order valence-corrected chi connectivity index (χ4v) is 1.80. The number of carbonyl (C=O) groups excluding carboxylic acids is 1. The maximum Gasteiger partial charge on any atom is 0.218 e. The van der Waals surface area contributed by atoms with E-state index in [-0.39, 0.29) is 5.91 Å². The van der Waals surface area contributed by atoms with E-state index in [4.69, 9.17) is 5.73 Å². The highest BCUT2D eigenvalue weighted by Gasteiger charge is 2.10. The molecule has 0 aromatic rings. The van der Waals surface area contributed by atoms with Crippen molar-refractivity contribution in [3.8, 4) is 0 Å². The second-order valence-electron chi connectivity index (χ2n) is 2.93. The predicted molar refractivity (Wildman–Crippen MR) is 51.9 cm³/mol. The van der Waals surface area contributed by atoms with Crippen LogP contribution >= 0.6 is 15.9 Å². The Bertz CT molecular complexity index is 203. The van der Waals surface area contributed by atoms with E-state index in [1.54, 1.807) is 0 Å². The lowest BCUT2D eigenvalue weighted by molar-refractivity contribution is -0.118. The highest BCUT2D eigenvalue weighted by molar-refractivity contribution is 9.11. The number of carbonyl (C=O) groups is 1. The zero-order chi connectivity index (χ0) is 8.97. The summed E-state index contributed by atoms with van der Waals surface area (Å²) in [6.45, 7) is 2.72. The average Bonchev–Trinajstić information content (AvgIpc) is 2.01. The number of nitrogens with two attached hydrogens (primary N) is 1. The molecule has 0 bridgehead atoms. The summed E-state index contributed by atoms with van der Waals surface area (Å²) in [4.78, 5) is 12.7. The third kappa shape index (κ3) is 3.36. The molecule has 2 N–H and O–H groups in total. The van der Waals surface area contributed by atoms with Crippen molar-refractivity contribution in [2.24, 2.45) is 5.73 Å². The Morgan fingerprint density at radius 2 is 2.50 bits per heavy atom. The average molecular weight is 233 g/mol. The molecule has 4 heteroatoms. The zero-order valence-electron chi connectivity index (χ0n) is 6.92. The Morgan fingerprint density at radius 1 is 1.75 bits per heavy atom. The monoisotopic (exact) mass is 232 g/mol. The predicted octanol–water partition coefficient (Wildman–Crippen LogP) is 0.846. The summed E-state index contributed by atoms with van der Waals surface area (Å²) < 4.78 is 1.21. The minimum absolute atomic E-state index is 0.222. The van der Waals surface area contributed by atoms with E-state index in [1.807, 2.05) is 0 Å². The van der Waals surface area contributed by atoms with Gasteiger partial charge in [0.15, 0.2) is 0 Å². The molecule has 1 heterocycles. The van der Waals surface area contributed by atoms with Crippen molar-refractivity contribution in [3.63, 3.8) is 0 Å². The van der Waals surface area contributed by atoms with E-state index in [0.717, 1.165) is 26.1 Å². The molecule has 0 fully saturated rings. The third-order valence-electron chi connectivity index (χ3n) is 1.86. The lowest BCUT2D eigenvalue weighted by atomic mass is 10.2. The second kappa shape index (κ2) is 4.62. The summed E-state index contributed by atoms with van der Waals surface area (Å²) in [5.74, 6) is -0.222. The molecule has 0 atom stereocenters. The van der Waals surface area contributed by atoms with Crippen LogP contribution in [-0.4, -0.2) is 30.4 Å². The highest BCUT2D eigenvalue weighted by atomic mass is 79.9. The largest absolute Gasteiger partial charge is 0.370 e. The Morgan fingerprint density at radius 3 is 3.08 bits per heavy atom. The molecule has 0 radical (unpaired) electrons. The molecule has 3 nitrogen and oxygen atoms in total. The van der Waals surface area contributed by atoms with Crippen molar-refractivity contribution in [2.75, 3.05) is 19.6 Å². The van der Waals surface area contributed by atoms with E-state index >= 15 is 0 Å². The molecule has 1 aliphatic heterocycles. The maximum absolute atomic E-state index is 10.5. The van der Waals surface area contributed by atoms with Crippen LogP contribution < -0.4 is 5.73 Å². The van der Waals surface area contributed by atoms with Gasteiger partial charge in [-0.15, -0.1) is 0 Å². The van der Waals surface area contributed by atoms with Crippen LogP contribution in [-0.2, 0) is 4.79 Å². The van der Waals surface area contributed by atoms with Crippen LogP contribution in [0.5, 0.6) is 0 Å². The molecular formula is C8H13BrN2O. The van der Waals surface area contributed by atoms with Crippen molar-refractivity contribution in [1.82, 2.24) is 4.90 Å². The van der Waals surface area contributed by atoms with Gasteiger partial charge in [-0.2, -0.15) is 0 Å². The van der Waals surface area contributed by atoms with Crippen LogP contribution in [0.4, 0.5) is 0 Å². The van der Waals surface area contributed by atoms with Crippen LogP contribution in [0.1, 0.15) is 12.8 Å². The van der Waals surface area contributed by atoms with Gasteiger partial charge in [-0.3, -0.25) is 9.69 Å². The summed E-state index contributed by atoms with van der Waals surface area (Å²) in [7, 11) is 0. The lowest BCUT2D eigenvalue weighted by Gasteiger charge is -2.24. The standard InChI is InChI=1S/C8H13BrN2O/c9-7-2-1-4-11(6-7)5-3-8(10)12/h2H,1,3-6H2,(H2,10,12). The van der Waals surface area contributed by atoms with E-state index in [9.17, 15) is 4.79 Å². The summed E-state index contributed by atoms with van der Waals surface area (Å²) in [5.41, 5.74) is 5.05. The van der Waals surface area contributed by atoms with Crippen LogP contribution in [0, 0.1) is 0 Å². The second-order valence-corrected chi connectivity index (χ2v) is 3.95. The van der Waals surface area contributed by atoms with E-state index in [1.165, 1.54) is 4.48 Å². The van der Waals surface area contributed by atoms with Crippen molar-refractivity contribution >= 4 is 21.8 Å².